The zero-order valence-electron chi connectivity index (χ0n) is 10.0. The molecule has 0 N–H and O–H groups in total. The molecule has 1 fully saturated rings. The maximum atomic E-state index is 4.37. The highest BCUT2D eigenvalue weighted by atomic mass is 15.2. The Bertz CT molecular complexity index is 263. The number of hydrogen-bond donors (Lipinski definition) is 0. The average Bonchev–Trinajstić information content (AvgIpc) is 2.34. The topological polar surface area (TPSA) is 29.0 Å². The van der Waals surface area contributed by atoms with E-state index in [1.165, 1.54) is 19.3 Å². The number of aromatic nitrogens is 2. The molecule has 0 bridgehead atoms. The molecule has 1 aromatic rings. The van der Waals surface area contributed by atoms with Gasteiger partial charge in [-0.3, -0.25) is 4.98 Å². The van der Waals surface area contributed by atoms with Gasteiger partial charge in [0.2, 0.25) is 0 Å². The van der Waals surface area contributed by atoms with E-state index in [2.05, 4.69) is 14.9 Å². The SMILES string of the molecule is CC.Cc1cnc(N2CCCCC2)cn1. The summed E-state index contributed by atoms with van der Waals surface area (Å²) in [4.78, 5) is 10.9. The van der Waals surface area contributed by atoms with Gasteiger partial charge in [0, 0.05) is 13.1 Å². The first-order valence-electron chi connectivity index (χ1n) is 5.90. The van der Waals surface area contributed by atoms with Crippen LogP contribution in [0.2, 0.25) is 0 Å². The molecule has 1 saturated heterocycles. The highest BCUT2D eigenvalue weighted by molar-refractivity contribution is 5.35. The summed E-state index contributed by atoms with van der Waals surface area (Å²) < 4.78 is 0. The van der Waals surface area contributed by atoms with Crippen LogP contribution in [0.3, 0.4) is 0 Å². The normalized spacial score (nSPS) is 15.5. The molecule has 2 rings (SSSR count). The summed E-state index contributed by atoms with van der Waals surface area (Å²) in [5.74, 6) is 1.03. The van der Waals surface area contributed by atoms with Crippen LogP contribution in [-0.2, 0) is 0 Å². The molecule has 3 nitrogen and oxygen atoms in total. The smallest absolute Gasteiger partial charge is 0.147 e. The van der Waals surface area contributed by atoms with E-state index in [0.717, 1.165) is 24.6 Å². The maximum Gasteiger partial charge on any atom is 0.147 e. The lowest BCUT2D eigenvalue weighted by Gasteiger charge is -2.27. The third-order valence-electron chi connectivity index (χ3n) is 2.45. The molecule has 1 aliphatic rings. The molecule has 0 aromatic carbocycles. The van der Waals surface area contributed by atoms with E-state index in [4.69, 9.17) is 0 Å². The third kappa shape index (κ3) is 3.50. The van der Waals surface area contributed by atoms with Gasteiger partial charge in [0.15, 0.2) is 0 Å². The van der Waals surface area contributed by atoms with Gasteiger partial charge in [-0.25, -0.2) is 4.98 Å². The van der Waals surface area contributed by atoms with Crippen molar-refractivity contribution < 1.29 is 0 Å². The summed E-state index contributed by atoms with van der Waals surface area (Å²) in [7, 11) is 0. The van der Waals surface area contributed by atoms with Crippen LogP contribution >= 0.6 is 0 Å². The monoisotopic (exact) mass is 207 g/mol. The second-order valence-corrected chi connectivity index (χ2v) is 3.56. The second kappa shape index (κ2) is 6.38. The van der Waals surface area contributed by atoms with Gasteiger partial charge >= 0.3 is 0 Å². The predicted molar refractivity (Wildman–Crippen MR) is 64.2 cm³/mol. The standard InChI is InChI=1S/C10H15N3.C2H6/c1-9-7-12-10(8-11-9)13-5-3-2-4-6-13;1-2/h7-8H,2-6H2,1H3;1-2H3. The van der Waals surface area contributed by atoms with Crippen LogP contribution < -0.4 is 4.90 Å². The van der Waals surface area contributed by atoms with Gasteiger partial charge in [-0.2, -0.15) is 0 Å². The first kappa shape index (κ1) is 12.0. The highest BCUT2D eigenvalue weighted by Crippen LogP contribution is 2.15. The number of rotatable bonds is 1. The van der Waals surface area contributed by atoms with E-state index in [0.29, 0.717) is 0 Å². The van der Waals surface area contributed by atoms with Crippen molar-refractivity contribution in [2.24, 2.45) is 0 Å². The fourth-order valence-corrected chi connectivity index (χ4v) is 1.67. The van der Waals surface area contributed by atoms with Crippen LogP contribution in [0, 0.1) is 6.92 Å². The molecule has 0 saturated carbocycles. The Morgan fingerprint density at radius 2 is 1.67 bits per heavy atom. The molecule has 84 valence electrons. The molecule has 1 aromatic heterocycles. The molecular weight excluding hydrogens is 186 g/mol. The summed E-state index contributed by atoms with van der Waals surface area (Å²) in [5, 5.41) is 0. The Morgan fingerprint density at radius 3 is 2.20 bits per heavy atom. The van der Waals surface area contributed by atoms with Crippen molar-refractivity contribution in [2.45, 2.75) is 40.0 Å². The Hall–Kier alpha value is -1.12. The number of hydrogen-bond acceptors (Lipinski definition) is 3. The summed E-state index contributed by atoms with van der Waals surface area (Å²) in [6, 6.07) is 0. The van der Waals surface area contributed by atoms with Gasteiger partial charge in [0.05, 0.1) is 18.1 Å². The Balaban J connectivity index is 0.000000531. The molecular formula is C12H21N3. The summed E-state index contributed by atoms with van der Waals surface area (Å²) >= 11 is 0. The predicted octanol–water partition coefficient (Wildman–Crippen LogP) is 2.80. The number of nitrogens with zero attached hydrogens (tertiary/aromatic N) is 3. The van der Waals surface area contributed by atoms with Crippen molar-refractivity contribution in [3.8, 4) is 0 Å². The van der Waals surface area contributed by atoms with Crippen molar-refractivity contribution in [3.05, 3.63) is 18.1 Å². The molecule has 2 heterocycles. The first-order chi connectivity index (χ1) is 7.36. The molecule has 0 amide bonds. The Kier molecular flexibility index (Phi) is 5.08. The summed E-state index contributed by atoms with van der Waals surface area (Å²) in [5.41, 5.74) is 0.987. The second-order valence-electron chi connectivity index (χ2n) is 3.56. The average molecular weight is 207 g/mol. The highest BCUT2D eigenvalue weighted by Gasteiger charge is 2.11. The van der Waals surface area contributed by atoms with Gasteiger partial charge in [0.25, 0.3) is 0 Å². The molecule has 0 atom stereocenters. The number of piperidine rings is 1. The lowest BCUT2D eigenvalue weighted by molar-refractivity contribution is 0.572. The van der Waals surface area contributed by atoms with E-state index in [-0.39, 0.29) is 0 Å². The minimum absolute atomic E-state index is 0.987. The number of aryl methyl sites for hydroxylation is 1. The zero-order chi connectivity index (χ0) is 11.1. The van der Waals surface area contributed by atoms with Gasteiger partial charge in [0.1, 0.15) is 5.82 Å². The van der Waals surface area contributed by atoms with E-state index in [1.807, 2.05) is 33.2 Å². The lowest BCUT2D eigenvalue weighted by atomic mass is 10.1. The molecule has 0 unspecified atom stereocenters. The summed E-state index contributed by atoms with van der Waals surface area (Å²) in [6.45, 7) is 8.24. The molecule has 0 aliphatic carbocycles. The Labute approximate surface area is 92.6 Å². The number of anilines is 1. The van der Waals surface area contributed by atoms with Crippen LogP contribution in [0.5, 0.6) is 0 Å². The van der Waals surface area contributed by atoms with Crippen LogP contribution in [0.4, 0.5) is 5.82 Å². The van der Waals surface area contributed by atoms with Crippen molar-refractivity contribution >= 4 is 5.82 Å². The molecule has 0 radical (unpaired) electrons. The van der Waals surface area contributed by atoms with Crippen LogP contribution in [0.25, 0.3) is 0 Å². The van der Waals surface area contributed by atoms with Crippen molar-refractivity contribution in [2.75, 3.05) is 18.0 Å². The molecule has 3 heteroatoms. The van der Waals surface area contributed by atoms with E-state index in [9.17, 15) is 0 Å². The van der Waals surface area contributed by atoms with Crippen molar-refractivity contribution in [1.82, 2.24) is 9.97 Å². The van der Waals surface area contributed by atoms with Crippen LogP contribution in [0.1, 0.15) is 38.8 Å². The minimum atomic E-state index is 0.987. The summed E-state index contributed by atoms with van der Waals surface area (Å²) in [6.07, 6.45) is 7.64. The van der Waals surface area contributed by atoms with Crippen LogP contribution in [0.15, 0.2) is 12.4 Å². The zero-order valence-corrected chi connectivity index (χ0v) is 10.0. The van der Waals surface area contributed by atoms with Gasteiger partial charge in [-0.15, -0.1) is 0 Å². The van der Waals surface area contributed by atoms with Crippen molar-refractivity contribution in [1.29, 1.82) is 0 Å². The van der Waals surface area contributed by atoms with Crippen molar-refractivity contribution in [3.63, 3.8) is 0 Å². The third-order valence-corrected chi connectivity index (χ3v) is 2.45. The maximum absolute atomic E-state index is 4.37. The fraction of sp³-hybridized carbons (Fsp3) is 0.667. The Morgan fingerprint density at radius 1 is 1.00 bits per heavy atom. The lowest BCUT2D eigenvalue weighted by Crippen LogP contribution is -2.30. The van der Waals surface area contributed by atoms with Gasteiger partial charge in [-0.1, -0.05) is 13.8 Å². The van der Waals surface area contributed by atoms with Crippen LogP contribution in [-0.4, -0.2) is 23.1 Å². The van der Waals surface area contributed by atoms with Gasteiger partial charge < -0.3 is 4.90 Å². The fourth-order valence-electron chi connectivity index (χ4n) is 1.67. The molecule has 0 spiro atoms. The molecule has 1 aliphatic heterocycles. The van der Waals surface area contributed by atoms with E-state index < -0.39 is 0 Å². The van der Waals surface area contributed by atoms with E-state index >= 15 is 0 Å². The quantitative estimate of drug-likeness (QED) is 0.709. The van der Waals surface area contributed by atoms with Gasteiger partial charge in [-0.05, 0) is 26.2 Å². The van der Waals surface area contributed by atoms with E-state index in [1.54, 1.807) is 0 Å². The largest absolute Gasteiger partial charge is 0.355 e. The first-order valence-corrected chi connectivity index (χ1v) is 5.90. The minimum Gasteiger partial charge on any atom is -0.355 e. The molecule has 15 heavy (non-hydrogen) atoms.